The first-order chi connectivity index (χ1) is 17.3. The number of halogens is 1. The number of nitriles is 1. The van der Waals surface area contributed by atoms with Gasteiger partial charge in [-0.1, -0.05) is 17.7 Å². The van der Waals surface area contributed by atoms with Gasteiger partial charge in [-0.05, 0) is 63.1 Å². The highest BCUT2D eigenvalue weighted by molar-refractivity contribution is 5.82. The number of hydrogen-bond donors (Lipinski definition) is 2. The summed E-state index contributed by atoms with van der Waals surface area (Å²) < 4.78 is 20.7. The standard InChI is InChI=1S/C27H31FN4O4/c1-3-19-22(15-36-23(19)12-18(13-29)11-17-7-5-4-6-8-17)30-24(33)14-32-26(34)25-16(2)20(28)9-10-21(25)31-27(32)35/h3,7,9-10,18-19,22-23H,1,4-6,8,11-12,14-15H2,2H3,(H,30,33)(H,31,35)/t18?,19?,22-,23?/m0/s1. The lowest BCUT2D eigenvalue weighted by atomic mass is 9.85. The molecule has 2 aliphatic rings. The molecule has 2 N–H and O–H groups in total. The molecule has 0 spiro atoms. The van der Waals surface area contributed by atoms with Gasteiger partial charge >= 0.3 is 5.69 Å². The molecule has 2 aromatic rings. The zero-order valence-corrected chi connectivity index (χ0v) is 20.4. The summed E-state index contributed by atoms with van der Waals surface area (Å²) in [7, 11) is 0. The van der Waals surface area contributed by atoms with Crippen LogP contribution in [0.25, 0.3) is 10.9 Å². The van der Waals surface area contributed by atoms with Crippen molar-refractivity contribution in [3.63, 3.8) is 0 Å². The highest BCUT2D eigenvalue weighted by Crippen LogP contribution is 2.31. The Kier molecular flexibility index (Phi) is 7.85. The minimum absolute atomic E-state index is 0.0336. The van der Waals surface area contributed by atoms with E-state index in [1.54, 1.807) is 6.08 Å². The van der Waals surface area contributed by atoms with Crippen molar-refractivity contribution >= 4 is 16.8 Å². The Hall–Kier alpha value is -3.51. The lowest BCUT2D eigenvalue weighted by Crippen LogP contribution is -2.46. The van der Waals surface area contributed by atoms with Crippen molar-refractivity contribution in [3.05, 3.63) is 68.7 Å². The van der Waals surface area contributed by atoms with Gasteiger partial charge in [-0.3, -0.25) is 14.2 Å². The van der Waals surface area contributed by atoms with Crippen LogP contribution in [0.15, 0.2) is 46.0 Å². The number of nitrogens with zero attached hydrogens (tertiary/aromatic N) is 2. The summed E-state index contributed by atoms with van der Waals surface area (Å²) in [6.45, 7) is 5.07. The molecule has 1 fully saturated rings. The fraction of sp³-hybridized carbons (Fsp3) is 0.481. The molecule has 8 nitrogen and oxygen atoms in total. The minimum atomic E-state index is -0.747. The number of carbonyl (C=O) groups excluding carboxylic acids is 1. The number of aromatic nitrogens is 2. The van der Waals surface area contributed by atoms with E-state index in [0.29, 0.717) is 6.42 Å². The van der Waals surface area contributed by atoms with Crippen molar-refractivity contribution in [1.29, 1.82) is 5.26 Å². The van der Waals surface area contributed by atoms with Crippen molar-refractivity contribution in [2.24, 2.45) is 11.8 Å². The van der Waals surface area contributed by atoms with E-state index >= 15 is 0 Å². The molecule has 1 saturated heterocycles. The average molecular weight is 495 g/mol. The Morgan fingerprint density at radius 2 is 2.22 bits per heavy atom. The van der Waals surface area contributed by atoms with E-state index in [2.05, 4.69) is 29.0 Å². The number of carbonyl (C=O) groups is 1. The number of aromatic amines is 1. The molecule has 190 valence electrons. The predicted molar refractivity (Wildman–Crippen MR) is 134 cm³/mol. The molecular formula is C27H31FN4O4. The fourth-order valence-corrected chi connectivity index (χ4v) is 5.27. The first kappa shape index (κ1) is 25.6. The van der Waals surface area contributed by atoms with E-state index in [0.717, 1.165) is 30.3 Å². The number of nitrogens with one attached hydrogen (secondary N) is 2. The maximum Gasteiger partial charge on any atom is 0.329 e. The van der Waals surface area contributed by atoms with Crippen LogP contribution in [-0.4, -0.2) is 34.2 Å². The summed E-state index contributed by atoms with van der Waals surface area (Å²) in [5, 5.41) is 12.6. The second-order valence-corrected chi connectivity index (χ2v) is 9.65. The van der Waals surface area contributed by atoms with Gasteiger partial charge in [0.2, 0.25) is 5.91 Å². The van der Waals surface area contributed by atoms with Crippen LogP contribution in [-0.2, 0) is 16.1 Å². The lowest BCUT2D eigenvalue weighted by molar-refractivity contribution is -0.122. The molecule has 2 heterocycles. The molecule has 0 saturated carbocycles. The van der Waals surface area contributed by atoms with Crippen molar-refractivity contribution < 1.29 is 13.9 Å². The molecule has 4 atom stereocenters. The van der Waals surface area contributed by atoms with Gasteiger partial charge in [0.1, 0.15) is 12.4 Å². The summed E-state index contributed by atoms with van der Waals surface area (Å²) in [6.07, 6.45) is 9.41. The second kappa shape index (κ2) is 11.0. The van der Waals surface area contributed by atoms with Gasteiger partial charge in [0.25, 0.3) is 5.56 Å². The third-order valence-electron chi connectivity index (χ3n) is 7.24. The number of rotatable bonds is 8. The van der Waals surface area contributed by atoms with Crippen LogP contribution in [0.4, 0.5) is 4.39 Å². The zero-order valence-electron chi connectivity index (χ0n) is 20.4. The summed E-state index contributed by atoms with van der Waals surface area (Å²) in [5.74, 6) is -1.51. The highest BCUT2D eigenvalue weighted by atomic mass is 19.1. The molecule has 36 heavy (non-hydrogen) atoms. The van der Waals surface area contributed by atoms with Crippen molar-refractivity contribution in [2.45, 2.75) is 64.1 Å². The van der Waals surface area contributed by atoms with E-state index in [1.807, 2.05) is 0 Å². The third kappa shape index (κ3) is 5.34. The molecule has 1 aliphatic heterocycles. The van der Waals surface area contributed by atoms with Crippen molar-refractivity contribution in [1.82, 2.24) is 14.9 Å². The minimum Gasteiger partial charge on any atom is -0.375 e. The van der Waals surface area contributed by atoms with E-state index in [4.69, 9.17) is 4.74 Å². The zero-order chi connectivity index (χ0) is 25.8. The first-order valence-corrected chi connectivity index (χ1v) is 12.3. The monoisotopic (exact) mass is 494 g/mol. The van der Waals surface area contributed by atoms with Crippen LogP contribution in [0.2, 0.25) is 0 Å². The Morgan fingerprint density at radius 1 is 1.42 bits per heavy atom. The maximum absolute atomic E-state index is 14.0. The summed E-state index contributed by atoms with van der Waals surface area (Å²) in [6, 6.07) is 4.51. The number of amides is 1. The molecule has 9 heteroatoms. The molecule has 3 unspecified atom stereocenters. The van der Waals surface area contributed by atoms with Crippen LogP contribution in [0, 0.1) is 35.9 Å². The number of benzene rings is 1. The maximum atomic E-state index is 14.0. The van der Waals surface area contributed by atoms with E-state index in [1.165, 1.54) is 31.1 Å². The van der Waals surface area contributed by atoms with Crippen LogP contribution in [0.5, 0.6) is 0 Å². The molecule has 0 bridgehead atoms. The van der Waals surface area contributed by atoms with Crippen LogP contribution in [0.1, 0.15) is 44.1 Å². The Morgan fingerprint density at radius 3 is 2.92 bits per heavy atom. The molecule has 1 aromatic carbocycles. The summed E-state index contributed by atoms with van der Waals surface area (Å²) in [5.41, 5.74) is 0.180. The highest BCUT2D eigenvalue weighted by Gasteiger charge is 2.37. The van der Waals surface area contributed by atoms with Gasteiger partial charge in [-0.2, -0.15) is 5.26 Å². The number of allylic oxidation sites excluding steroid dienone is 2. The molecule has 1 amide bonds. The normalized spacial score (nSPS) is 22.6. The van der Waals surface area contributed by atoms with E-state index in [9.17, 15) is 24.0 Å². The molecule has 1 aliphatic carbocycles. The number of H-pyrrole nitrogens is 1. The molecule has 4 rings (SSSR count). The third-order valence-corrected chi connectivity index (χ3v) is 7.24. The molecule has 0 radical (unpaired) electrons. The second-order valence-electron chi connectivity index (χ2n) is 9.65. The van der Waals surface area contributed by atoms with E-state index < -0.39 is 35.6 Å². The Balaban J connectivity index is 1.43. The SMILES string of the molecule is C=CC1C(CC(C#N)CC2=CCCCC2)OC[C@@H]1NC(=O)Cn1c(=O)[nH]c2ccc(F)c(C)c2c1=O. The number of hydrogen-bond acceptors (Lipinski definition) is 5. The van der Waals surface area contributed by atoms with Gasteiger partial charge < -0.3 is 15.0 Å². The van der Waals surface area contributed by atoms with Gasteiger partial charge in [0, 0.05) is 5.92 Å². The van der Waals surface area contributed by atoms with Crippen molar-refractivity contribution in [3.8, 4) is 6.07 Å². The van der Waals surface area contributed by atoms with Gasteiger partial charge in [-0.15, -0.1) is 6.58 Å². The largest absolute Gasteiger partial charge is 0.375 e. The number of fused-ring (bicyclic) bond motifs is 1. The van der Waals surface area contributed by atoms with Gasteiger partial charge in [-0.25, -0.2) is 9.18 Å². The average Bonchev–Trinajstić information content (AvgIpc) is 3.24. The van der Waals surface area contributed by atoms with Crippen LogP contribution >= 0.6 is 0 Å². The van der Waals surface area contributed by atoms with Crippen LogP contribution in [0.3, 0.4) is 0 Å². The first-order valence-electron chi connectivity index (χ1n) is 12.3. The summed E-state index contributed by atoms with van der Waals surface area (Å²) in [4.78, 5) is 40.7. The fourth-order valence-electron chi connectivity index (χ4n) is 5.27. The number of aryl methyl sites for hydroxylation is 1. The van der Waals surface area contributed by atoms with Gasteiger partial charge in [0.05, 0.1) is 41.6 Å². The quantitative estimate of drug-likeness (QED) is 0.547. The van der Waals surface area contributed by atoms with Crippen LogP contribution < -0.4 is 16.6 Å². The van der Waals surface area contributed by atoms with Gasteiger partial charge in [0.15, 0.2) is 0 Å². The topological polar surface area (TPSA) is 117 Å². The summed E-state index contributed by atoms with van der Waals surface area (Å²) >= 11 is 0. The number of ether oxygens (including phenoxy) is 1. The smallest absolute Gasteiger partial charge is 0.329 e. The Bertz CT molecular complexity index is 1350. The van der Waals surface area contributed by atoms with Crippen molar-refractivity contribution in [2.75, 3.05) is 6.61 Å². The Labute approximate surface area is 208 Å². The molecule has 1 aromatic heterocycles. The lowest BCUT2D eigenvalue weighted by Gasteiger charge is -2.23. The van der Waals surface area contributed by atoms with E-state index in [-0.39, 0.29) is 41.0 Å². The predicted octanol–water partition coefficient (Wildman–Crippen LogP) is 3.24. The molecular weight excluding hydrogens is 463 g/mol.